The van der Waals surface area contributed by atoms with E-state index in [9.17, 15) is 14.7 Å². The second-order valence-electron chi connectivity index (χ2n) is 5.02. The van der Waals surface area contributed by atoms with Crippen molar-refractivity contribution in [1.29, 1.82) is 0 Å². The highest BCUT2D eigenvalue weighted by atomic mass is 32.1. The van der Waals surface area contributed by atoms with Gasteiger partial charge in [0.1, 0.15) is 5.54 Å². The normalized spacial score (nSPS) is 17.7. The summed E-state index contributed by atoms with van der Waals surface area (Å²) in [5.41, 5.74) is -0.112. The van der Waals surface area contributed by atoms with Crippen molar-refractivity contribution < 1.29 is 19.4 Å². The minimum absolute atomic E-state index is 0.304. The summed E-state index contributed by atoms with van der Waals surface area (Å²) in [7, 11) is 0. The molecule has 0 radical (unpaired) electrons. The van der Waals surface area contributed by atoms with E-state index in [1.807, 2.05) is 19.9 Å². The maximum atomic E-state index is 12.3. The van der Waals surface area contributed by atoms with E-state index in [4.69, 9.17) is 4.74 Å². The van der Waals surface area contributed by atoms with Gasteiger partial charge < -0.3 is 15.2 Å². The fourth-order valence-corrected chi connectivity index (χ4v) is 3.38. The molecule has 2 rings (SSSR count). The number of nitrogens with one attached hydrogen (secondary N) is 1. The Bertz CT molecular complexity index is 517. The molecule has 1 aliphatic rings. The number of carbonyl (C=O) groups is 2. The maximum Gasteiger partial charge on any atom is 0.329 e. The summed E-state index contributed by atoms with van der Waals surface area (Å²) in [6.45, 7) is 4.72. The molecule has 1 aromatic rings. The Morgan fingerprint density at radius 2 is 2.10 bits per heavy atom. The highest BCUT2D eigenvalue weighted by Crippen LogP contribution is 2.25. The molecule has 1 fully saturated rings. The Balaban J connectivity index is 2.17. The van der Waals surface area contributed by atoms with Crippen LogP contribution >= 0.6 is 11.3 Å². The van der Waals surface area contributed by atoms with Gasteiger partial charge in [0.2, 0.25) is 0 Å². The highest BCUT2D eigenvalue weighted by molar-refractivity contribution is 7.14. The van der Waals surface area contributed by atoms with Crippen LogP contribution in [0.3, 0.4) is 0 Å². The Morgan fingerprint density at radius 3 is 2.60 bits per heavy atom. The minimum Gasteiger partial charge on any atom is -0.480 e. The number of rotatable bonds is 4. The van der Waals surface area contributed by atoms with Crippen molar-refractivity contribution >= 4 is 23.2 Å². The molecule has 0 unspecified atom stereocenters. The molecule has 20 heavy (non-hydrogen) atoms. The lowest BCUT2D eigenvalue weighted by Crippen LogP contribution is -2.57. The number of ether oxygens (including phenoxy) is 1. The van der Waals surface area contributed by atoms with Crippen LogP contribution in [0.5, 0.6) is 0 Å². The summed E-state index contributed by atoms with van der Waals surface area (Å²) in [5.74, 6) is -1.29. The molecule has 1 aromatic heterocycles. The molecule has 1 aliphatic heterocycles. The van der Waals surface area contributed by atoms with E-state index in [1.54, 1.807) is 0 Å². The lowest BCUT2D eigenvalue weighted by molar-refractivity contribution is -0.148. The maximum absolute atomic E-state index is 12.3. The Morgan fingerprint density at radius 1 is 1.45 bits per heavy atom. The van der Waals surface area contributed by atoms with Gasteiger partial charge in [0.05, 0.1) is 4.88 Å². The smallest absolute Gasteiger partial charge is 0.329 e. The number of aliphatic carboxylic acids is 1. The molecular weight excluding hydrogens is 278 g/mol. The zero-order valence-electron chi connectivity index (χ0n) is 11.7. The number of hydrogen-bond donors (Lipinski definition) is 2. The van der Waals surface area contributed by atoms with E-state index in [0.29, 0.717) is 30.9 Å². The molecule has 0 atom stereocenters. The number of hydrogen-bond acceptors (Lipinski definition) is 4. The summed E-state index contributed by atoms with van der Waals surface area (Å²) in [6.07, 6.45) is 1.49. The van der Waals surface area contributed by atoms with E-state index in [1.165, 1.54) is 11.3 Å². The third kappa shape index (κ3) is 2.86. The van der Waals surface area contributed by atoms with E-state index in [2.05, 4.69) is 5.32 Å². The van der Waals surface area contributed by atoms with Gasteiger partial charge in [-0.1, -0.05) is 6.92 Å². The van der Waals surface area contributed by atoms with E-state index < -0.39 is 11.5 Å². The van der Waals surface area contributed by atoms with Crippen molar-refractivity contribution in [2.75, 3.05) is 13.2 Å². The predicted molar refractivity (Wildman–Crippen MR) is 76.3 cm³/mol. The molecule has 110 valence electrons. The zero-order chi connectivity index (χ0) is 14.8. The molecule has 1 saturated heterocycles. The first-order chi connectivity index (χ1) is 9.48. The number of carboxylic acids is 1. The van der Waals surface area contributed by atoms with Gasteiger partial charge in [-0.05, 0) is 25.0 Å². The first-order valence-corrected chi connectivity index (χ1v) is 7.53. The van der Waals surface area contributed by atoms with Crippen molar-refractivity contribution in [2.45, 2.75) is 38.6 Å². The van der Waals surface area contributed by atoms with Gasteiger partial charge in [0, 0.05) is 30.9 Å². The van der Waals surface area contributed by atoms with E-state index in [-0.39, 0.29) is 5.91 Å². The molecule has 0 aliphatic carbocycles. The summed E-state index contributed by atoms with van der Waals surface area (Å²) in [5, 5.41) is 12.1. The molecule has 0 saturated carbocycles. The predicted octanol–water partition coefficient (Wildman–Crippen LogP) is 1.98. The number of amides is 1. The number of aryl methyl sites for hydroxylation is 2. The number of carboxylic acid groups (broad SMARTS) is 1. The third-order valence-electron chi connectivity index (χ3n) is 3.67. The van der Waals surface area contributed by atoms with Crippen LogP contribution in [-0.4, -0.2) is 35.7 Å². The monoisotopic (exact) mass is 297 g/mol. The van der Waals surface area contributed by atoms with Crippen molar-refractivity contribution in [3.8, 4) is 0 Å². The molecular formula is C14H19NO4S. The molecule has 2 N–H and O–H groups in total. The summed E-state index contributed by atoms with van der Waals surface area (Å²) in [6, 6.07) is 1.83. The van der Waals surface area contributed by atoms with Crippen LogP contribution in [0.1, 0.15) is 39.9 Å². The van der Waals surface area contributed by atoms with Crippen LogP contribution in [0.25, 0.3) is 0 Å². The topological polar surface area (TPSA) is 75.6 Å². The second kappa shape index (κ2) is 5.93. The van der Waals surface area contributed by atoms with Crippen molar-refractivity contribution in [3.05, 3.63) is 21.4 Å². The molecule has 0 bridgehead atoms. The van der Waals surface area contributed by atoms with Crippen LogP contribution in [-0.2, 0) is 16.0 Å². The van der Waals surface area contributed by atoms with Gasteiger partial charge in [0.25, 0.3) is 5.91 Å². The largest absolute Gasteiger partial charge is 0.480 e. The number of thiophene rings is 1. The Kier molecular flexibility index (Phi) is 4.45. The Labute approximate surface area is 121 Å². The van der Waals surface area contributed by atoms with Crippen LogP contribution in [0.15, 0.2) is 6.07 Å². The second-order valence-corrected chi connectivity index (χ2v) is 6.16. The third-order valence-corrected chi connectivity index (χ3v) is 5.05. The van der Waals surface area contributed by atoms with Gasteiger partial charge in [-0.2, -0.15) is 0 Å². The summed E-state index contributed by atoms with van der Waals surface area (Å²) >= 11 is 1.43. The molecule has 2 heterocycles. The number of carbonyl (C=O) groups excluding carboxylic acids is 1. The quantitative estimate of drug-likeness (QED) is 0.891. The van der Waals surface area contributed by atoms with Gasteiger partial charge in [0.15, 0.2) is 0 Å². The molecule has 1 amide bonds. The first-order valence-electron chi connectivity index (χ1n) is 6.71. The van der Waals surface area contributed by atoms with Crippen LogP contribution in [0.4, 0.5) is 0 Å². The van der Waals surface area contributed by atoms with Crippen LogP contribution < -0.4 is 5.32 Å². The van der Waals surface area contributed by atoms with Crippen molar-refractivity contribution in [1.82, 2.24) is 5.32 Å². The van der Waals surface area contributed by atoms with Gasteiger partial charge in [-0.15, -0.1) is 11.3 Å². The zero-order valence-corrected chi connectivity index (χ0v) is 12.5. The fourth-order valence-electron chi connectivity index (χ4n) is 2.37. The molecule has 6 heteroatoms. The molecule has 0 spiro atoms. The van der Waals surface area contributed by atoms with Crippen LogP contribution in [0, 0.1) is 6.92 Å². The first kappa shape index (κ1) is 15.0. The van der Waals surface area contributed by atoms with Crippen LogP contribution in [0.2, 0.25) is 0 Å². The summed E-state index contributed by atoms with van der Waals surface area (Å²) < 4.78 is 5.19. The Hall–Kier alpha value is -1.40. The van der Waals surface area contributed by atoms with Crippen molar-refractivity contribution in [3.63, 3.8) is 0 Å². The summed E-state index contributed by atoms with van der Waals surface area (Å²) in [4.78, 5) is 25.5. The van der Waals surface area contributed by atoms with Gasteiger partial charge in [-0.25, -0.2) is 4.79 Å². The SMILES string of the molecule is CCc1sc(C(=O)NC2(C(=O)O)CCOCC2)cc1C. The lowest BCUT2D eigenvalue weighted by atomic mass is 9.90. The van der Waals surface area contributed by atoms with Crippen molar-refractivity contribution in [2.24, 2.45) is 0 Å². The minimum atomic E-state index is -1.19. The fraction of sp³-hybridized carbons (Fsp3) is 0.571. The average molecular weight is 297 g/mol. The molecule has 5 nitrogen and oxygen atoms in total. The van der Waals surface area contributed by atoms with Gasteiger partial charge in [-0.3, -0.25) is 4.79 Å². The lowest BCUT2D eigenvalue weighted by Gasteiger charge is -2.33. The standard InChI is InChI=1S/C14H19NO4S/c1-3-10-9(2)8-11(20-10)12(16)15-14(13(17)18)4-6-19-7-5-14/h8H,3-7H2,1-2H3,(H,15,16)(H,17,18). The van der Waals surface area contributed by atoms with E-state index >= 15 is 0 Å². The average Bonchev–Trinajstić information content (AvgIpc) is 2.81. The highest BCUT2D eigenvalue weighted by Gasteiger charge is 2.41. The van der Waals surface area contributed by atoms with Gasteiger partial charge >= 0.3 is 5.97 Å². The molecule has 0 aromatic carbocycles. The van der Waals surface area contributed by atoms with E-state index in [0.717, 1.165) is 16.9 Å².